The SMILES string of the molecule is CCN1CC[C@H](C)[C@H](Oc2ccc3c(c2)CN([C@H]2CCC(=O)NC2=O)C3=O)C1. The summed E-state index contributed by atoms with van der Waals surface area (Å²) in [5, 5.41) is 2.33. The Hall–Kier alpha value is -2.41. The molecule has 0 radical (unpaired) electrons. The Kier molecular flexibility index (Phi) is 5.10. The molecule has 2 fully saturated rings. The first-order chi connectivity index (χ1) is 13.5. The quantitative estimate of drug-likeness (QED) is 0.796. The summed E-state index contributed by atoms with van der Waals surface area (Å²) >= 11 is 0. The van der Waals surface area contributed by atoms with Crippen LogP contribution >= 0.6 is 0 Å². The number of likely N-dealkylation sites (tertiary alicyclic amines) is 1. The molecule has 1 aromatic rings. The molecule has 3 aliphatic rings. The zero-order valence-corrected chi connectivity index (χ0v) is 16.4. The van der Waals surface area contributed by atoms with Crippen LogP contribution in [-0.2, 0) is 16.1 Å². The molecule has 0 aliphatic carbocycles. The van der Waals surface area contributed by atoms with Crippen LogP contribution in [-0.4, -0.2) is 59.3 Å². The van der Waals surface area contributed by atoms with Gasteiger partial charge in [0.2, 0.25) is 11.8 Å². The molecule has 3 atom stereocenters. The van der Waals surface area contributed by atoms with Crippen molar-refractivity contribution in [3.63, 3.8) is 0 Å². The Labute approximate surface area is 165 Å². The highest BCUT2D eigenvalue weighted by Crippen LogP contribution is 2.31. The Balaban J connectivity index is 1.48. The van der Waals surface area contributed by atoms with Crippen LogP contribution in [0.3, 0.4) is 0 Å². The fourth-order valence-electron chi connectivity index (χ4n) is 4.34. The summed E-state index contributed by atoms with van der Waals surface area (Å²) in [6, 6.07) is 4.99. The van der Waals surface area contributed by atoms with Crippen molar-refractivity contribution in [2.24, 2.45) is 5.92 Å². The maximum Gasteiger partial charge on any atom is 0.255 e. The monoisotopic (exact) mass is 385 g/mol. The molecule has 0 saturated carbocycles. The summed E-state index contributed by atoms with van der Waals surface area (Å²) in [5.41, 5.74) is 1.49. The van der Waals surface area contributed by atoms with Crippen molar-refractivity contribution < 1.29 is 19.1 Å². The normalized spacial score (nSPS) is 28.3. The summed E-state index contributed by atoms with van der Waals surface area (Å²) in [6.07, 6.45) is 1.89. The van der Waals surface area contributed by atoms with Crippen molar-refractivity contribution in [3.05, 3.63) is 29.3 Å². The van der Waals surface area contributed by atoms with E-state index in [4.69, 9.17) is 4.74 Å². The zero-order chi connectivity index (χ0) is 19.8. The Morgan fingerprint density at radius 3 is 2.79 bits per heavy atom. The highest BCUT2D eigenvalue weighted by Gasteiger charge is 2.39. The van der Waals surface area contributed by atoms with E-state index in [1.165, 1.54) is 0 Å². The molecule has 28 heavy (non-hydrogen) atoms. The molecular weight excluding hydrogens is 358 g/mol. The molecule has 1 aromatic carbocycles. The van der Waals surface area contributed by atoms with Gasteiger partial charge in [-0.2, -0.15) is 0 Å². The lowest BCUT2D eigenvalue weighted by molar-refractivity contribution is -0.136. The van der Waals surface area contributed by atoms with Crippen molar-refractivity contribution in [2.75, 3.05) is 19.6 Å². The standard InChI is InChI=1S/C21H27N3O4/c1-3-23-9-8-13(2)18(12-23)28-15-4-5-16-14(10-15)11-24(21(16)27)17-6-7-19(25)22-20(17)26/h4-5,10,13,17-18H,3,6-9,11-12H2,1-2H3,(H,22,25,26)/t13-,17-,18+/m0/s1. The molecule has 7 heteroatoms. The van der Waals surface area contributed by atoms with E-state index < -0.39 is 6.04 Å². The lowest BCUT2D eigenvalue weighted by Crippen LogP contribution is -2.52. The highest BCUT2D eigenvalue weighted by molar-refractivity contribution is 6.05. The zero-order valence-electron chi connectivity index (χ0n) is 16.4. The summed E-state index contributed by atoms with van der Waals surface area (Å²) in [4.78, 5) is 40.3. The second kappa shape index (κ2) is 7.54. The van der Waals surface area contributed by atoms with E-state index in [9.17, 15) is 14.4 Å². The predicted octanol–water partition coefficient (Wildman–Crippen LogP) is 1.56. The van der Waals surface area contributed by atoms with Crippen molar-refractivity contribution in [2.45, 2.75) is 51.8 Å². The molecule has 0 aromatic heterocycles. The molecule has 7 nitrogen and oxygen atoms in total. The van der Waals surface area contributed by atoms with E-state index in [1.807, 2.05) is 12.1 Å². The second-order valence-electron chi connectivity index (χ2n) is 8.03. The van der Waals surface area contributed by atoms with Gasteiger partial charge in [0.1, 0.15) is 17.9 Å². The smallest absolute Gasteiger partial charge is 0.255 e. The molecule has 0 unspecified atom stereocenters. The van der Waals surface area contributed by atoms with E-state index >= 15 is 0 Å². The second-order valence-corrected chi connectivity index (χ2v) is 8.03. The number of nitrogens with zero attached hydrogens (tertiary/aromatic N) is 2. The molecule has 3 heterocycles. The van der Waals surface area contributed by atoms with Gasteiger partial charge in [0.25, 0.3) is 5.91 Å². The average molecular weight is 385 g/mol. The molecule has 3 aliphatic heterocycles. The van der Waals surface area contributed by atoms with Crippen LogP contribution in [0.25, 0.3) is 0 Å². The number of ether oxygens (including phenoxy) is 1. The first-order valence-electron chi connectivity index (χ1n) is 10.1. The van der Waals surface area contributed by atoms with Gasteiger partial charge < -0.3 is 9.64 Å². The molecular formula is C21H27N3O4. The topological polar surface area (TPSA) is 79.0 Å². The van der Waals surface area contributed by atoms with Gasteiger partial charge in [-0.25, -0.2) is 0 Å². The summed E-state index contributed by atoms with van der Waals surface area (Å²) in [6.45, 7) is 7.80. The molecule has 0 bridgehead atoms. The number of hydrogen-bond donors (Lipinski definition) is 1. The summed E-state index contributed by atoms with van der Waals surface area (Å²) in [7, 11) is 0. The lowest BCUT2D eigenvalue weighted by Gasteiger charge is -2.36. The fraction of sp³-hybridized carbons (Fsp3) is 0.571. The van der Waals surface area contributed by atoms with E-state index in [1.54, 1.807) is 11.0 Å². The van der Waals surface area contributed by atoms with Gasteiger partial charge in [-0.3, -0.25) is 24.6 Å². The van der Waals surface area contributed by atoms with Crippen molar-refractivity contribution in [1.82, 2.24) is 15.1 Å². The van der Waals surface area contributed by atoms with Gasteiger partial charge in [0.15, 0.2) is 0 Å². The van der Waals surface area contributed by atoms with Gasteiger partial charge >= 0.3 is 0 Å². The van der Waals surface area contributed by atoms with E-state index in [2.05, 4.69) is 24.1 Å². The first kappa shape index (κ1) is 18.9. The van der Waals surface area contributed by atoms with Crippen molar-refractivity contribution in [1.29, 1.82) is 0 Å². The van der Waals surface area contributed by atoms with E-state index in [-0.39, 0.29) is 30.2 Å². The molecule has 3 amide bonds. The number of benzene rings is 1. The third kappa shape index (κ3) is 3.51. The Morgan fingerprint density at radius 1 is 1.21 bits per heavy atom. The van der Waals surface area contributed by atoms with Crippen LogP contribution < -0.4 is 10.1 Å². The maximum atomic E-state index is 12.8. The number of nitrogens with one attached hydrogen (secondary N) is 1. The number of carbonyl (C=O) groups excluding carboxylic acids is 3. The third-order valence-electron chi connectivity index (χ3n) is 6.20. The summed E-state index contributed by atoms with van der Waals surface area (Å²) in [5.74, 6) is 0.441. The van der Waals surface area contributed by atoms with Gasteiger partial charge in [-0.1, -0.05) is 13.8 Å². The van der Waals surface area contributed by atoms with E-state index in [0.717, 1.165) is 37.4 Å². The third-order valence-corrected chi connectivity index (χ3v) is 6.20. The van der Waals surface area contributed by atoms with Crippen LogP contribution in [0, 0.1) is 5.92 Å². The lowest BCUT2D eigenvalue weighted by atomic mass is 9.96. The van der Waals surface area contributed by atoms with Gasteiger partial charge in [-0.05, 0) is 55.6 Å². The Morgan fingerprint density at radius 2 is 2.04 bits per heavy atom. The minimum atomic E-state index is -0.585. The van der Waals surface area contributed by atoms with Crippen LogP contribution in [0.5, 0.6) is 5.75 Å². The number of amides is 3. The highest BCUT2D eigenvalue weighted by atomic mass is 16.5. The van der Waals surface area contributed by atoms with Crippen LogP contribution in [0.1, 0.15) is 49.0 Å². The maximum absolute atomic E-state index is 12.8. The van der Waals surface area contributed by atoms with Gasteiger partial charge in [-0.15, -0.1) is 0 Å². The number of carbonyl (C=O) groups is 3. The minimum Gasteiger partial charge on any atom is -0.489 e. The molecule has 1 N–H and O–H groups in total. The van der Waals surface area contributed by atoms with Crippen LogP contribution in [0.4, 0.5) is 0 Å². The molecule has 150 valence electrons. The van der Waals surface area contributed by atoms with Crippen molar-refractivity contribution in [3.8, 4) is 5.75 Å². The van der Waals surface area contributed by atoms with Gasteiger partial charge in [0, 0.05) is 25.1 Å². The average Bonchev–Trinajstić information content (AvgIpc) is 2.99. The summed E-state index contributed by atoms with van der Waals surface area (Å²) < 4.78 is 6.28. The number of fused-ring (bicyclic) bond motifs is 1. The van der Waals surface area contributed by atoms with Gasteiger partial charge in [0.05, 0.1) is 0 Å². The molecule has 4 rings (SSSR count). The predicted molar refractivity (Wildman–Crippen MR) is 103 cm³/mol. The number of likely N-dealkylation sites (N-methyl/N-ethyl adjacent to an activating group) is 1. The van der Waals surface area contributed by atoms with Crippen LogP contribution in [0.15, 0.2) is 18.2 Å². The first-order valence-corrected chi connectivity index (χ1v) is 10.1. The largest absolute Gasteiger partial charge is 0.489 e. The Bertz CT molecular complexity index is 809. The fourth-order valence-corrected chi connectivity index (χ4v) is 4.34. The minimum absolute atomic E-state index is 0.134. The number of rotatable bonds is 4. The van der Waals surface area contributed by atoms with Crippen molar-refractivity contribution >= 4 is 17.7 Å². The molecule has 2 saturated heterocycles. The number of imide groups is 1. The number of piperidine rings is 2. The van der Waals surface area contributed by atoms with Crippen LogP contribution in [0.2, 0.25) is 0 Å². The van der Waals surface area contributed by atoms with E-state index in [0.29, 0.717) is 24.4 Å². The number of hydrogen-bond acceptors (Lipinski definition) is 5. The molecule has 0 spiro atoms.